The molecule has 2 fully saturated rings. The third-order valence-electron chi connectivity index (χ3n) is 4.34. The first-order valence-electron chi connectivity index (χ1n) is 8.00. The molecule has 2 saturated heterocycles. The number of rotatable bonds is 3. The molecule has 1 amide bonds. The molecule has 0 bridgehead atoms. The largest absolute Gasteiger partial charge is 0.503 e. The first kappa shape index (κ1) is 19.1. The molecule has 26 heavy (non-hydrogen) atoms. The Balaban J connectivity index is 1.86. The highest BCUT2D eigenvalue weighted by Gasteiger charge is 2.50. The summed E-state index contributed by atoms with van der Waals surface area (Å²) in [7, 11) is -5.73. The third kappa shape index (κ3) is 3.55. The lowest BCUT2D eigenvalue weighted by atomic mass is 9.97. The molecule has 0 N–H and O–H groups in total. The predicted molar refractivity (Wildman–Crippen MR) is 81.8 cm³/mol. The molecule has 3 rings (SSSR count). The highest BCUT2D eigenvalue weighted by atomic mass is 32.2. The van der Waals surface area contributed by atoms with Crippen LogP contribution in [0.5, 0.6) is 0 Å². The van der Waals surface area contributed by atoms with Gasteiger partial charge in [0.25, 0.3) is 15.7 Å². The van der Waals surface area contributed by atoms with Gasteiger partial charge in [-0.25, -0.2) is 13.4 Å². The molecule has 0 aromatic carbocycles. The molecule has 0 aliphatic carbocycles. The van der Waals surface area contributed by atoms with Crippen LogP contribution < -0.4 is 0 Å². The number of piperidine rings is 1. The smallest absolute Gasteiger partial charge is 0.350 e. The van der Waals surface area contributed by atoms with Gasteiger partial charge in [0.05, 0.1) is 18.8 Å². The number of alkyl halides is 3. The first-order valence-corrected chi connectivity index (χ1v) is 9.49. The van der Waals surface area contributed by atoms with Gasteiger partial charge in [-0.2, -0.15) is 13.2 Å². The number of hydrogen-bond donors (Lipinski definition) is 0. The number of carbonyl (C=O) groups excluding carboxylic acids is 1. The average Bonchev–Trinajstić information content (AvgIpc) is 3.15. The van der Waals surface area contributed by atoms with Crippen LogP contribution in [0.15, 0.2) is 23.4 Å². The van der Waals surface area contributed by atoms with Crippen LogP contribution >= 0.6 is 0 Å². The van der Waals surface area contributed by atoms with Gasteiger partial charge >= 0.3 is 5.51 Å². The minimum Gasteiger partial charge on any atom is -0.350 e. The lowest BCUT2D eigenvalue weighted by molar-refractivity contribution is -0.0969. The summed E-state index contributed by atoms with van der Waals surface area (Å²) in [6.07, 6.45) is 1.81. The molecule has 1 aromatic rings. The lowest BCUT2D eigenvalue weighted by Crippen LogP contribution is -2.44. The zero-order chi connectivity index (χ0) is 18.9. The van der Waals surface area contributed by atoms with Gasteiger partial charge in [0.2, 0.25) is 0 Å². The van der Waals surface area contributed by atoms with Gasteiger partial charge in [0, 0.05) is 25.2 Å². The molecule has 11 heteroatoms. The van der Waals surface area contributed by atoms with Crippen molar-refractivity contribution in [1.82, 2.24) is 9.88 Å². The summed E-state index contributed by atoms with van der Waals surface area (Å²) < 4.78 is 73.0. The Morgan fingerprint density at radius 3 is 2.62 bits per heavy atom. The number of likely N-dealkylation sites (tertiary alicyclic amines) is 1. The van der Waals surface area contributed by atoms with E-state index in [9.17, 15) is 26.4 Å². The Hall–Kier alpha value is -1.72. The highest BCUT2D eigenvalue weighted by molar-refractivity contribution is 7.92. The van der Waals surface area contributed by atoms with Crippen LogP contribution in [0.2, 0.25) is 0 Å². The van der Waals surface area contributed by atoms with Gasteiger partial charge in [-0.15, -0.1) is 0 Å². The number of hydrogen-bond acceptors (Lipinski definition) is 6. The lowest BCUT2D eigenvalue weighted by Gasteiger charge is -2.35. The topological polar surface area (TPSA) is 85.8 Å². The van der Waals surface area contributed by atoms with Gasteiger partial charge < -0.3 is 14.4 Å². The predicted octanol–water partition coefficient (Wildman–Crippen LogP) is 1.60. The Bertz CT molecular complexity index is 778. The second-order valence-electron chi connectivity index (χ2n) is 6.07. The van der Waals surface area contributed by atoms with Crippen molar-refractivity contribution in [3.63, 3.8) is 0 Å². The number of amides is 1. The fraction of sp³-hybridized carbons (Fsp3) is 0.600. The average molecular weight is 394 g/mol. The first-order chi connectivity index (χ1) is 12.2. The molecule has 2 aliphatic heterocycles. The maximum atomic E-state index is 12.9. The molecule has 1 atom stereocenters. The van der Waals surface area contributed by atoms with E-state index in [4.69, 9.17) is 9.47 Å². The molecule has 3 heterocycles. The Labute approximate surface area is 148 Å². The van der Waals surface area contributed by atoms with Crippen molar-refractivity contribution in [2.24, 2.45) is 5.92 Å². The number of nitrogens with zero attached hydrogens (tertiary/aromatic N) is 2. The maximum Gasteiger partial charge on any atom is 0.503 e. The monoisotopic (exact) mass is 394 g/mol. The second kappa shape index (κ2) is 7.12. The molecule has 0 spiro atoms. The second-order valence-corrected chi connectivity index (χ2v) is 7.93. The van der Waals surface area contributed by atoms with Gasteiger partial charge in [0.15, 0.2) is 11.3 Å². The third-order valence-corrected chi connectivity index (χ3v) is 5.78. The van der Waals surface area contributed by atoms with E-state index in [-0.39, 0.29) is 12.5 Å². The van der Waals surface area contributed by atoms with E-state index in [2.05, 4.69) is 4.98 Å². The minimum atomic E-state index is -5.73. The van der Waals surface area contributed by atoms with Crippen LogP contribution in [-0.2, 0) is 19.3 Å². The van der Waals surface area contributed by atoms with E-state index in [0.29, 0.717) is 26.2 Å². The minimum absolute atomic E-state index is 0.116. The Morgan fingerprint density at radius 2 is 1.96 bits per heavy atom. The Morgan fingerprint density at radius 1 is 1.27 bits per heavy atom. The maximum absolute atomic E-state index is 12.9. The van der Waals surface area contributed by atoms with Gasteiger partial charge in [-0.05, 0) is 25.0 Å². The number of ether oxygens (including phenoxy) is 2. The molecule has 0 saturated carbocycles. The standard InChI is InChI=1S/C15H17F3N2O5S/c16-15(17,18)26(22,23)12-11(4-1-5-19-12)13(21)20-6-2-3-10(9-20)14-24-7-8-25-14/h1,4-5,10,14H,2-3,6-9H2. The molecule has 1 aromatic heterocycles. The van der Waals surface area contributed by atoms with Crippen molar-refractivity contribution in [2.75, 3.05) is 26.3 Å². The number of aromatic nitrogens is 1. The summed E-state index contributed by atoms with van der Waals surface area (Å²) in [4.78, 5) is 17.4. The normalized spacial score (nSPS) is 22.6. The number of carbonyl (C=O) groups is 1. The van der Waals surface area contributed by atoms with Gasteiger partial charge in [-0.1, -0.05) is 0 Å². The molecule has 144 valence electrons. The zero-order valence-corrected chi connectivity index (χ0v) is 14.4. The number of pyridine rings is 1. The van der Waals surface area contributed by atoms with Crippen LogP contribution in [0.25, 0.3) is 0 Å². The van der Waals surface area contributed by atoms with Crippen LogP contribution in [0.1, 0.15) is 23.2 Å². The fourth-order valence-electron chi connectivity index (χ4n) is 3.11. The zero-order valence-electron chi connectivity index (χ0n) is 13.6. The number of halogens is 3. The van der Waals surface area contributed by atoms with Crippen LogP contribution in [0.3, 0.4) is 0 Å². The van der Waals surface area contributed by atoms with Crippen molar-refractivity contribution in [1.29, 1.82) is 0 Å². The summed E-state index contributed by atoms with van der Waals surface area (Å²) in [6.45, 7) is 1.42. The van der Waals surface area contributed by atoms with Crippen molar-refractivity contribution in [2.45, 2.75) is 29.7 Å². The summed E-state index contributed by atoms with van der Waals surface area (Å²) in [5.41, 5.74) is -6.12. The SMILES string of the molecule is O=C(c1cccnc1S(=O)(=O)C(F)(F)F)N1CCCC(C2OCCO2)C1. The van der Waals surface area contributed by atoms with E-state index in [1.54, 1.807) is 0 Å². The van der Waals surface area contributed by atoms with Crippen molar-refractivity contribution in [3.05, 3.63) is 23.9 Å². The molecular weight excluding hydrogens is 377 g/mol. The summed E-state index contributed by atoms with van der Waals surface area (Å²) in [5.74, 6) is -0.918. The summed E-state index contributed by atoms with van der Waals surface area (Å²) in [6, 6.07) is 2.27. The van der Waals surface area contributed by atoms with Crippen molar-refractivity contribution >= 4 is 15.7 Å². The van der Waals surface area contributed by atoms with Crippen molar-refractivity contribution < 1.29 is 35.9 Å². The summed E-state index contributed by atoms with van der Waals surface area (Å²) in [5, 5.41) is -1.27. The summed E-state index contributed by atoms with van der Waals surface area (Å²) >= 11 is 0. The van der Waals surface area contributed by atoms with E-state index in [1.807, 2.05) is 0 Å². The molecule has 1 unspecified atom stereocenters. The fourth-order valence-corrected chi connectivity index (χ4v) is 3.98. The van der Waals surface area contributed by atoms with E-state index < -0.39 is 38.1 Å². The van der Waals surface area contributed by atoms with Crippen LogP contribution in [0.4, 0.5) is 13.2 Å². The number of sulfone groups is 1. The van der Waals surface area contributed by atoms with Crippen molar-refractivity contribution in [3.8, 4) is 0 Å². The van der Waals surface area contributed by atoms with E-state index in [0.717, 1.165) is 18.7 Å². The quantitative estimate of drug-likeness (QED) is 0.774. The van der Waals surface area contributed by atoms with Crippen LogP contribution in [-0.4, -0.2) is 62.3 Å². The van der Waals surface area contributed by atoms with Crippen LogP contribution in [0, 0.1) is 5.92 Å². The highest BCUT2D eigenvalue weighted by Crippen LogP contribution is 2.32. The Kier molecular flexibility index (Phi) is 5.22. The molecule has 7 nitrogen and oxygen atoms in total. The molecule has 0 radical (unpaired) electrons. The van der Waals surface area contributed by atoms with E-state index in [1.165, 1.54) is 11.0 Å². The molecular formula is C15H17F3N2O5S. The van der Waals surface area contributed by atoms with Gasteiger partial charge in [-0.3, -0.25) is 4.79 Å². The van der Waals surface area contributed by atoms with E-state index >= 15 is 0 Å². The van der Waals surface area contributed by atoms with Gasteiger partial charge in [0.1, 0.15) is 0 Å². The molecule has 2 aliphatic rings.